The minimum Gasteiger partial charge on any atom is -0.399 e. The molecule has 0 fully saturated rings. The van der Waals surface area contributed by atoms with E-state index in [0.29, 0.717) is 0 Å². The second-order valence-electron chi connectivity index (χ2n) is 8.94. The van der Waals surface area contributed by atoms with Crippen LogP contribution in [0.2, 0.25) is 0 Å². The first-order valence-corrected chi connectivity index (χ1v) is 9.51. The van der Waals surface area contributed by atoms with Gasteiger partial charge in [-0.25, -0.2) is 0 Å². The number of nitrogens with two attached hydrogens (primary N) is 1. The molecular weight excluding hydrogens is 316 g/mol. The molecule has 2 N–H and O–H groups in total. The third-order valence-electron chi connectivity index (χ3n) is 5.81. The lowest BCUT2D eigenvalue weighted by Crippen LogP contribution is -2.25. The molecule has 1 unspecified atom stereocenters. The molecule has 0 saturated carbocycles. The minimum absolute atomic E-state index is 0.0578. The van der Waals surface area contributed by atoms with E-state index in [1.807, 2.05) is 6.07 Å². The normalized spacial score (nSPS) is 20.4. The summed E-state index contributed by atoms with van der Waals surface area (Å²) in [4.78, 5) is 0. The second kappa shape index (κ2) is 6.50. The lowest BCUT2D eigenvalue weighted by atomic mass is 9.81. The van der Waals surface area contributed by atoms with Crippen molar-refractivity contribution >= 4 is 16.6 Å². The quantitative estimate of drug-likeness (QED) is 0.506. The van der Waals surface area contributed by atoms with Crippen molar-refractivity contribution in [2.75, 3.05) is 5.73 Å². The first kappa shape index (κ1) is 18.6. The number of aromatic nitrogens is 1. The van der Waals surface area contributed by atoms with Crippen LogP contribution in [0.1, 0.15) is 45.4 Å². The highest BCUT2D eigenvalue weighted by molar-refractivity contribution is 5.88. The molecule has 1 atom stereocenters. The van der Waals surface area contributed by atoms with Gasteiger partial charge in [-0.3, -0.25) is 0 Å². The summed E-state index contributed by atoms with van der Waals surface area (Å²) in [5.41, 5.74) is 12.5. The number of hydrogen-bond acceptors (Lipinski definition) is 1. The summed E-state index contributed by atoms with van der Waals surface area (Å²) in [5.74, 6) is 0. The Hall–Kier alpha value is -2.22. The number of benzene rings is 1. The van der Waals surface area contributed by atoms with Crippen LogP contribution in [0.25, 0.3) is 10.9 Å². The van der Waals surface area contributed by atoms with E-state index in [-0.39, 0.29) is 10.8 Å². The highest BCUT2D eigenvalue weighted by atomic mass is 15.0. The largest absolute Gasteiger partial charge is 0.399 e. The first-order valence-electron chi connectivity index (χ1n) is 9.51. The van der Waals surface area contributed by atoms with Gasteiger partial charge in [0.25, 0.3) is 0 Å². The van der Waals surface area contributed by atoms with Gasteiger partial charge in [-0.2, -0.15) is 0 Å². The number of aryl methyl sites for hydroxylation is 1. The van der Waals surface area contributed by atoms with Crippen LogP contribution in [-0.2, 0) is 13.0 Å². The molecule has 0 radical (unpaired) electrons. The number of allylic oxidation sites excluding steroid dienone is 5. The van der Waals surface area contributed by atoms with Crippen molar-refractivity contribution < 1.29 is 0 Å². The van der Waals surface area contributed by atoms with E-state index >= 15 is 0 Å². The van der Waals surface area contributed by atoms with E-state index in [2.05, 4.69) is 82.2 Å². The maximum Gasteiger partial charge on any atom is 0.0487 e. The number of rotatable bonds is 5. The predicted octanol–water partition coefficient (Wildman–Crippen LogP) is 6.20. The summed E-state index contributed by atoms with van der Waals surface area (Å²) in [6.45, 7) is 16.3. The molecule has 0 aliphatic heterocycles. The van der Waals surface area contributed by atoms with Crippen molar-refractivity contribution in [3.63, 3.8) is 0 Å². The minimum atomic E-state index is 0.0578. The van der Waals surface area contributed by atoms with E-state index in [1.54, 1.807) is 0 Å². The zero-order valence-electron chi connectivity index (χ0n) is 16.9. The van der Waals surface area contributed by atoms with Gasteiger partial charge in [0.2, 0.25) is 0 Å². The van der Waals surface area contributed by atoms with Crippen LogP contribution in [0.5, 0.6) is 0 Å². The van der Waals surface area contributed by atoms with Gasteiger partial charge in [0.05, 0.1) is 0 Å². The lowest BCUT2D eigenvalue weighted by Gasteiger charge is -2.31. The SMILES string of the molecule is C=CC(C)(C)Cc1c(C)c2cc(N)ccc2n1CC1(C)C=CC(C)=CC1. The van der Waals surface area contributed by atoms with E-state index in [0.717, 1.165) is 25.1 Å². The van der Waals surface area contributed by atoms with Gasteiger partial charge in [-0.15, -0.1) is 6.58 Å². The van der Waals surface area contributed by atoms with Crippen molar-refractivity contribution in [3.8, 4) is 0 Å². The fraction of sp³-hybridized carbons (Fsp3) is 0.417. The van der Waals surface area contributed by atoms with Crippen molar-refractivity contribution in [2.45, 2.75) is 54.0 Å². The summed E-state index contributed by atoms with van der Waals surface area (Å²) in [6, 6.07) is 6.32. The molecule has 1 aliphatic rings. The molecule has 0 saturated heterocycles. The van der Waals surface area contributed by atoms with Crippen LogP contribution < -0.4 is 5.73 Å². The molecule has 2 heteroatoms. The Morgan fingerprint density at radius 2 is 2.04 bits per heavy atom. The maximum absolute atomic E-state index is 6.09. The Labute approximate surface area is 158 Å². The third kappa shape index (κ3) is 3.51. The second-order valence-corrected chi connectivity index (χ2v) is 8.94. The van der Waals surface area contributed by atoms with E-state index in [9.17, 15) is 0 Å². The summed E-state index contributed by atoms with van der Waals surface area (Å²) < 4.78 is 2.52. The Bertz CT molecular complexity index is 908. The summed E-state index contributed by atoms with van der Waals surface area (Å²) >= 11 is 0. The number of fused-ring (bicyclic) bond motifs is 1. The molecule has 0 amide bonds. The molecule has 1 aromatic heterocycles. The van der Waals surface area contributed by atoms with Gasteiger partial charge in [-0.05, 0) is 55.9 Å². The van der Waals surface area contributed by atoms with Crippen LogP contribution in [0, 0.1) is 17.8 Å². The molecule has 2 aromatic rings. The lowest BCUT2D eigenvalue weighted by molar-refractivity contribution is 0.350. The summed E-state index contributed by atoms with van der Waals surface area (Å²) in [6.07, 6.45) is 11.1. The molecule has 26 heavy (non-hydrogen) atoms. The molecule has 1 aliphatic carbocycles. The van der Waals surface area contributed by atoms with E-state index in [4.69, 9.17) is 5.73 Å². The van der Waals surface area contributed by atoms with Crippen molar-refractivity contribution in [3.05, 3.63) is 65.9 Å². The van der Waals surface area contributed by atoms with Gasteiger partial charge in [0.1, 0.15) is 0 Å². The molecule has 1 aromatic carbocycles. The fourth-order valence-corrected chi connectivity index (χ4v) is 3.85. The van der Waals surface area contributed by atoms with Crippen LogP contribution in [0.3, 0.4) is 0 Å². The molecule has 1 heterocycles. The van der Waals surface area contributed by atoms with Crippen molar-refractivity contribution in [1.82, 2.24) is 4.57 Å². The predicted molar refractivity (Wildman–Crippen MR) is 114 cm³/mol. The summed E-state index contributed by atoms with van der Waals surface area (Å²) in [5, 5.41) is 1.27. The average molecular weight is 349 g/mol. The Morgan fingerprint density at radius 1 is 1.31 bits per heavy atom. The Morgan fingerprint density at radius 3 is 2.65 bits per heavy atom. The maximum atomic E-state index is 6.09. The highest BCUT2D eigenvalue weighted by Crippen LogP contribution is 2.37. The molecule has 2 nitrogen and oxygen atoms in total. The molecular formula is C24H32N2. The van der Waals surface area contributed by atoms with Gasteiger partial charge < -0.3 is 10.3 Å². The molecule has 0 spiro atoms. The summed E-state index contributed by atoms with van der Waals surface area (Å²) in [7, 11) is 0. The Kier molecular flexibility index (Phi) is 4.64. The molecule has 0 bridgehead atoms. The standard InChI is InChI=1S/C24H32N2/c1-7-23(4,5)15-22-18(3)20-14-19(25)8-9-21(20)26(22)16-24(6)12-10-17(2)11-13-24/h7-12,14H,1,13,15-16,25H2,2-6H3. The Balaban J connectivity index is 2.13. The van der Waals surface area contributed by atoms with Gasteiger partial charge in [0.15, 0.2) is 0 Å². The van der Waals surface area contributed by atoms with Gasteiger partial charge >= 0.3 is 0 Å². The fourth-order valence-electron chi connectivity index (χ4n) is 3.85. The van der Waals surface area contributed by atoms with Crippen LogP contribution >= 0.6 is 0 Å². The number of anilines is 1. The topological polar surface area (TPSA) is 30.9 Å². The zero-order chi connectivity index (χ0) is 19.1. The molecule has 138 valence electrons. The van der Waals surface area contributed by atoms with E-state index < -0.39 is 0 Å². The van der Waals surface area contributed by atoms with Gasteiger partial charge in [-0.1, -0.05) is 50.6 Å². The highest BCUT2D eigenvalue weighted by Gasteiger charge is 2.27. The number of nitrogen functional groups attached to an aromatic ring is 1. The van der Waals surface area contributed by atoms with Crippen molar-refractivity contribution in [2.24, 2.45) is 10.8 Å². The van der Waals surface area contributed by atoms with Crippen LogP contribution in [-0.4, -0.2) is 4.57 Å². The van der Waals surface area contributed by atoms with Crippen LogP contribution in [0.4, 0.5) is 5.69 Å². The van der Waals surface area contributed by atoms with Gasteiger partial charge in [0, 0.05) is 34.2 Å². The van der Waals surface area contributed by atoms with E-state index in [1.165, 1.54) is 27.7 Å². The average Bonchev–Trinajstić information content (AvgIpc) is 2.83. The molecule has 3 rings (SSSR count). The third-order valence-corrected chi connectivity index (χ3v) is 5.81. The number of hydrogen-bond donors (Lipinski definition) is 1. The first-order chi connectivity index (χ1) is 12.1. The smallest absolute Gasteiger partial charge is 0.0487 e. The number of nitrogens with zero attached hydrogens (tertiary/aromatic N) is 1. The van der Waals surface area contributed by atoms with Crippen molar-refractivity contribution in [1.29, 1.82) is 0 Å². The van der Waals surface area contributed by atoms with Crippen LogP contribution in [0.15, 0.2) is 54.7 Å². The zero-order valence-corrected chi connectivity index (χ0v) is 16.9. The monoisotopic (exact) mass is 348 g/mol.